The molecule has 0 aromatic carbocycles. The number of rotatable bonds is 1. The summed E-state index contributed by atoms with van der Waals surface area (Å²) in [5, 5.41) is 4.92. The van der Waals surface area contributed by atoms with Gasteiger partial charge in [0.05, 0.1) is 11.4 Å². The van der Waals surface area contributed by atoms with Crippen molar-refractivity contribution in [1.29, 1.82) is 0 Å². The first kappa shape index (κ1) is 7.23. The molecule has 1 atom stereocenters. The van der Waals surface area contributed by atoms with Crippen molar-refractivity contribution in [3.8, 4) is 0 Å². The molecule has 0 aromatic rings. The zero-order valence-corrected chi connectivity index (χ0v) is 5.29. The molecule has 44 valence electrons. The average molecular weight is 122 g/mol. The minimum Gasteiger partial charge on any atom is -0.597 e. The standard InChI is InChI=1S/C3H10N2OS/c1-3(2,4)7(5)6/h4-5H2,1-2H3/t7-/m1/s1. The Morgan fingerprint density at radius 1 is 1.57 bits per heavy atom. The molecule has 7 heavy (non-hydrogen) atoms. The number of nitrogens with two attached hydrogens (primary N) is 2. The van der Waals surface area contributed by atoms with E-state index in [1.54, 1.807) is 13.8 Å². The highest BCUT2D eigenvalue weighted by atomic mass is 32.2. The summed E-state index contributed by atoms with van der Waals surface area (Å²) >= 11 is -1.41. The molecule has 3 nitrogen and oxygen atoms in total. The van der Waals surface area contributed by atoms with Gasteiger partial charge in [-0.25, -0.2) is 0 Å². The molecule has 4 N–H and O–H groups in total. The Hall–Kier alpha value is 0.230. The molecule has 0 bridgehead atoms. The lowest BCUT2D eigenvalue weighted by Crippen LogP contribution is -2.45. The van der Waals surface area contributed by atoms with E-state index in [-0.39, 0.29) is 0 Å². The predicted octanol–water partition coefficient (Wildman–Crippen LogP) is -0.696. The lowest BCUT2D eigenvalue weighted by atomic mass is 10.4. The average Bonchev–Trinajstić information content (AvgIpc) is 1.31. The first-order chi connectivity index (χ1) is 2.94. The highest BCUT2D eigenvalue weighted by Gasteiger charge is 2.22. The molecule has 0 amide bonds. The topological polar surface area (TPSA) is 75.1 Å². The minimum absolute atomic E-state index is 0.750. The Balaban J connectivity index is 3.54. The molecule has 0 radical (unpaired) electrons. The van der Waals surface area contributed by atoms with Gasteiger partial charge in [0.15, 0.2) is 4.87 Å². The fraction of sp³-hybridized carbons (Fsp3) is 1.00. The third kappa shape index (κ3) is 2.87. The molecule has 0 saturated heterocycles. The fourth-order valence-corrected chi connectivity index (χ4v) is 0. The summed E-state index contributed by atoms with van der Waals surface area (Å²) in [7, 11) is 0. The van der Waals surface area contributed by atoms with Gasteiger partial charge < -0.3 is 4.55 Å². The Kier molecular flexibility index (Phi) is 2.07. The van der Waals surface area contributed by atoms with Crippen LogP contribution >= 0.6 is 0 Å². The monoisotopic (exact) mass is 122 g/mol. The van der Waals surface area contributed by atoms with Gasteiger partial charge in [-0.3, -0.25) is 5.73 Å². The van der Waals surface area contributed by atoms with E-state index in [2.05, 4.69) is 0 Å². The Bertz CT molecular complexity index is 58.4. The molecule has 0 rings (SSSR count). The molecule has 0 aliphatic carbocycles. The van der Waals surface area contributed by atoms with Crippen molar-refractivity contribution in [2.75, 3.05) is 0 Å². The van der Waals surface area contributed by atoms with Crippen molar-refractivity contribution in [2.24, 2.45) is 10.9 Å². The van der Waals surface area contributed by atoms with Gasteiger partial charge in [-0.1, -0.05) is 0 Å². The molecule has 0 aromatic heterocycles. The van der Waals surface area contributed by atoms with Crippen molar-refractivity contribution < 1.29 is 4.55 Å². The molecular formula is C3H10N2OS. The van der Waals surface area contributed by atoms with E-state index in [1.807, 2.05) is 0 Å². The summed E-state index contributed by atoms with van der Waals surface area (Å²) in [6.07, 6.45) is 0. The third-order valence-corrected chi connectivity index (χ3v) is 1.56. The second kappa shape index (κ2) is 2.00. The van der Waals surface area contributed by atoms with E-state index in [0.29, 0.717) is 0 Å². The maximum absolute atomic E-state index is 10.2. The van der Waals surface area contributed by atoms with Gasteiger partial charge >= 0.3 is 0 Å². The summed E-state index contributed by atoms with van der Waals surface area (Å²) in [5.74, 6) is 0. The van der Waals surface area contributed by atoms with Crippen LogP contribution in [-0.2, 0) is 11.4 Å². The van der Waals surface area contributed by atoms with Gasteiger partial charge in [0.25, 0.3) is 0 Å². The summed E-state index contributed by atoms with van der Waals surface area (Å²) in [6, 6.07) is 0. The van der Waals surface area contributed by atoms with Crippen molar-refractivity contribution in [3.63, 3.8) is 0 Å². The second-order valence-corrected chi connectivity index (χ2v) is 3.55. The maximum Gasteiger partial charge on any atom is 0.188 e. The maximum atomic E-state index is 10.2. The van der Waals surface area contributed by atoms with Gasteiger partial charge in [0, 0.05) is 13.8 Å². The molecule has 0 aliphatic rings. The van der Waals surface area contributed by atoms with Gasteiger partial charge in [-0.2, -0.15) is 5.14 Å². The van der Waals surface area contributed by atoms with E-state index < -0.39 is 16.2 Å². The molecule has 0 heterocycles. The Labute approximate surface area is 46.4 Å². The molecule has 0 unspecified atom stereocenters. The summed E-state index contributed by atoms with van der Waals surface area (Å²) in [5.41, 5.74) is 5.25. The van der Waals surface area contributed by atoms with Crippen LogP contribution in [0.2, 0.25) is 0 Å². The lowest BCUT2D eigenvalue weighted by molar-refractivity contribution is 0.553. The van der Waals surface area contributed by atoms with E-state index in [0.717, 1.165) is 0 Å². The van der Waals surface area contributed by atoms with Crippen LogP contribution in [0, 0.1) is 0 Å². The van der Waals surface area contributed by atoms with Gasteiger partial charge in [0.1, 0.15) is 0 Å². The highest BCUT2D eigenvalue weighted by molar-refractivity contribution is 7.90. The quantitative estimate of drug-likeness (QED) is 0.452. The zero-order valence-electron chi connectivity index (χ0n) is 4.47. The fourth-order valence-electron chi connectivity index (χ4n) is 0. The summed E-state index contributed by atoms with van der Waals surface area (Å²) < 4.78 is 10.2. The predicted molar refractivity (Wildman–Crippen MR) is 30.6 cm³/mol. The molecule has 0 saturated carbocycles. The van der Waals surface area contributed by atoms with Crippen LogP contribution < -0.4 is 10.9 Å². The summed E-state index contributed by atoms with van der Waals surface area (Å²) in [4.78, 5) is -0.750. The van der Waals surface area contributed by atoms with Crippen LogP contribution in [-0.4, -0.2) is 9.42 Å². The van der Waals surface area contributed by atoms with Crippen LogP contribution in [0.3, 0.4) is 0 Å². The third-order valence-electron chi connectivity index (χ3n) is 0.519. The van der Waals surface area contributed by atoms with E-state index in [9.17, 15) is 4.55 Å². The van der Waals surface area contributed by atoms with Gasteiger partial charge in [0.2, 0.25) is 0 Å². The molecular weight excluding hydrogens is 112 g/mol. The normalized spacial score (nSPS) is 16.7. The molecule has 4 heteroatoms. The first-order valence-corrected chi connectivity index (χ1v) is 3.11. The van der Waals surface area contributed by atoms with Crippen LogP contribution in [0.4, 0.5) is 0 Å². The van der Waals surface area contributed by atoms with Crippen LogP contribution in [0.25, 0.3) is 0 Å². The van der Waals surface area contributed by atoms with Gasteiger partial charge in [-0.05, 0) is 0 Å². The van der Waals surface area contributed by atoms with Crippen LogP contribution in [0.5, 0.6) is 0 Å². The SMILES string of the molecule is CC(C)(N)[S@+](N)[O-]. The highest BCUT2D eigenvalue weighted by Crippen LogP contribution is 2.01. The van der Waals surface area contributed by atoms with Crippen molar-refractivity contribution in [3.05, 3.63) is 0 Å². The lowest BCUT2D eigenvalue weighted by Gasteiger charge is -2.17. The smallest absolute Gasteiger partial charge is 0.188 e. The summed E-state index contributed by atoms with van der Waals surface area (Å²) in [6.45, 7) is 3.23. The van der Waals surface area contributed by atoms with E-state index in [1.165, 1.54) is 0 Å². The Morgan fingerprint density at radius 2 is 1.71 bits per heavy atom. The zero-order chi connectivity index (χ0) is 6.08. The molecule has 0 fully saturated rings. The minimum atomic E-state index is -1.41. The van der Waals surface area contributed by atoms with Gasteiger partial charge in [-0.15, -0.1) is 0 Å². The number of hydrogen-bond donors (Lipinski definition) is 2. The number of hydrogen-bond acceptors (Lipinski definition) is 3. The molecule has 0 spiro atoms. The second-order valence-electron chi connectivity index (χ2n) is 1.90. The van der Waals surface area contributed by atoms with Crippen molar-refractivity contribution in [2.45, 2.75) is 18.7 Å². The van der Waals surface area contributed by atoms with Crippen LogP contribution in [0.1, 0.15) is 13.8 Å². The van der Waals surface area contributed by atoms with Crippen LogP contribution in [0.15, 0.2) is 0 Å². The van der Waals surface area contributed by atoms with Crippen molar-refractivity contribution >= 4 is 11.4 Å². The van der Waals surface area contributed by atoms with Crippen molar-refractivity contribution in [1.82, 2.24) is 0 Å². The molecule has 0 aliphatic heterocycles. The van der Waals surface area contributed by atoms with E-state index >= 15 is 0 Å². The van der Waals surface area contributed by atoms with E-state index in [4.69, 9.17) is 10.9 Å². The Morgan fingerprint density at radius 3 is 1.71 bits per heavy atom. The first-order valence-electron chi connectivity index (χ1n) is 1.90. The largest absolute Gasteiger partial charge is 0.597 e.